The number of anilines is 1. The van der Waals surface area contributed by atoms with Gasteiger partial charge in [-0.25, -0.2) is 14.6 Å². The van der Waals surface area contributed by atoms with Crippen molar-refractivity contribution in [3.63, 3.8) is 0 Å². The number of aromatic nitrogens is 2. The third kappa shape index (κ3) is 3.98. The molecule has 2 aromatic carbocycles. The normalized spacial score (nSPS) is 15.4. The molecule has 0 spiro atoms. The fourth-order valence-electron chi connectivity index (χ4n) is 3.73. The summed E-state index contributed by atoms with van der Waals surface area (Å²) in [6, 6.07) is 9.51. The Morgan fingerprint density at radius 2 is 2.06 bits per heavy atom. The summed E-state index contributed by atoms with van der Waals surface area (Å²) in [6.07, 6.45) is 2.24. The zero-order valence-corrected chi connectivity index (χ0v) is 18.4. The van der Waals surface area contributed by atoms with Gasteiger partial charge in [0.05, 0.1) is 34.7 Å². The number of fused-ring (bicyclic) bond motifs is 1. The molecule has 1 aliphatic heterocycles. The molecule has 2 N–H and O–H groups in total. The number of ether oxygens (including phenoxy) is 1. The van der Waals surface area contributed by atoms with Crippen LogP contribution in [0.1, 0.15) is 38.9 Å². The Bertz CT molecular complexity index is 1160. The molecule has 1 aromatic heterocycles. The summed E-state index contributed by atoms with van der Waals surface area (Å²) in [5.41, 5.74) is 4.07. The zero-order valence-electron chi connectivity index (χ0n) is 16.9. The van der Waals surface area contributed by atoms with Crippen LogP contribution >= 0.6 is 23.2 Å². The average Bonchev–Trinajstić information content (AvgIpc) is 3.25. The minimum atomic E-state index is -0.509. The molecule has 0 bridgehead atoms. The lowest BCUT2D eigenvalue weighted by atomic mass is 9.96. The van der Waals surface area contributed by atoms with Crippen molar-refractivity contribution in [2.45, 2.75) is 19.4 Å². The molecule has 0 saturated carbocycles. The molecule has 0 saturated heterocycles. The predicted octanol–water partition coefficient (Wildman–Crippen LogP) is 4.99. The van der Waals surface area contributed by atoms with E-state index in [9.17, 15) is 9.59 Å². The first-order chi connectivity index (χ1) is 14.9. The van der Waals surface area contributed by atoms with Crippen molar-refractivity contribution in [3.05, 3.63) is 80.8 Å². The number of nitrogens with one attached hydrogen (secondary N) is 2. The van der Waals surface area contributed by atoms with Gasteiger partial charge >= 0.3 is 12.0 Å². The summed E-state index contributed by atoms with van der Waals surface area (Å²) in [4.78, 5) is 34.5. The first kappa shape index (κ1) is 21.2. The summed E-state index contributed by atoms with van der Waals surface area (Å²) in [5, 5.41) is 3.71. The summed E-state index contributed by atoms with van der Waals surface area (Å²) < 4.78 is 4.78. The standard InChI is InChI=1S/C22H20Cl2N4O3/c1-12-6-7-13(21(29)31-2)10-17(12)27-22(30)28-9-8-16-19(26-11-25-16)20(28)14-4-3-5-15(23)18(14)24/h3-7,10-11,20H,8-9H2,1-2H3,(H,25,26)(H,27,30)/t20-/m0/s1. The van der Waals surface area contributed by atoms with Crippen LogP contribution in [-0.4, -0.2) is 40.5 Å². The fourth-order valence-corrected chi connectivity index (χ4v) is 4.14. The van der Waals surface area contributed by atoms with Crippen molar-refractivity contribution >= 4 is 40.9 Å². The highest BCUT2D eigenvalue weighted by Gasteiger charge is 2.35. The molecule has 9 heteroatoms. The van der Waals surface area contributed by atoms with Gasteiger partial charge in [0.15, 0.2) is 0 Å². The van der Waals surface area contributed by atoms with Crippen LogP contribution in [0, 0.1) is 6.92 Å². The van der Waals surface area contributed by atoms with Gasteiger partial charge in [0.25, 0.3) is 0 Å². The van der Waals surface area contributed by atoms with Crippen LogP contribution in [0.3, 0.4) is 0 Å². The van der Waals surface area contributed by atoms with Gasteiger partial charge in [-0.15, -0.1) is 0 Å². The van der Waals surface area contributed by atoms with Crippen LogP contribution < -0.4 is 5.32 Å². The van der Waals surface area contributed by atoms with E-state index in [1.807, 2.05) is 13.0 Å². The number of aromatic amines is 1. The van der Waals surface area contributed by atoms with Crippen molar-refractivity contribution in [3.8, 4) is 0 Å². The molecule has 160 valence electrons. The van der Waals surface area contributed by atoms with Crippen molar-refractivity contribution in [2.75, 3.05) is 19.0 Å². The summed E-state index contributed by atoms with van der Waals surface area (Å²) in [6.45, 7) is 2.30. The molecular formula is C22H20Cl2N4O3. The van der Waals surface area contributed by atoms with Gasteiger partial charge < -0.3 is 19.9 Å². The molecule has 7 nitrogen and oxygen atoms in total. The van der Waals surface area contributed by atoms with Crippen molar-refractivity contribution in [1.82, 2.24) is 14.9 Å². The van der Waals surface area contributed by atoms with Gasteiger partial charge in [0, 0.05) is 29.9 Å². The highest BCUT2D eigenvalue weighted by molar-refractivity contribution is 6.42. The maximum atomic E-state index is 13.4. The molecule has 0 fully saturated rings. The van der Waals surface area contributed by atoms with E-state index in [4.69, 9.17) is 27.9 Å². The highest BCUT2D eigenvalue weighted by atomic mass is 35.5. The number of urea groups is 1. The lowest BCUT2D eigenvalue weighted by Gasteiger charge is -2.35. The molecule has 2 heterocycles. The summed E-state index contributed by atoms with van der Waals surface area (Å²) in [7, 11) is 1.31. The monoisotopic (exact) mass is 458 g/mol. The molecule has 31 heavy (non-hydrogen) atoms. The second-order valence-electron chi connectivity index (χ2n) is 7.21. The van der Waals surface area contributed by atoms with E-state index in [2.05, 4.69) is 15.3 Å². The number of benzene rings is 2. The topological polar surface area (TPSA) is 87.3 Å². The highest BCUT2D eigenvalue weighted by Crippen LogP contribution is 2.39. The Morgan fingerprint density at radius 1 is 1.26 bits per heavy atom. The van der Waals surface area contributed by atoms with E-state index in [0.717, 1.165) is 17.0 Å². The van der Waals surface area contributed by atoms with Crippen molar-refractivity contribution < 1.29 is 14.3 Å². The Balaban J connectivity index is 1.70. The number of hydrogen-bond acceptors (Lipinski definition) is 4. The number of rotatable bonds is 3. The third-order valence-electron chi connectivity index (χ3n) is 5.36. The van der Waals surface area contributed by atoms with E-state index < -0.39 is 12.0 Å². The van der Waals surface area contributed by atoms with Crippen LogP contribution in [0.2, 0.25) is 10.0 Å². The number of hydrogen-bond donors (Lipinski definition) is 2. The fraction of sp³-hybridized carbons (Fsp3) is 0.227. The predicted molar refractivity (Wildman–Crippen MR) is 119 cm³/mol. The van der Waals surface area contributed by atoms with Crippen LogP contribution in [0.5, 0.6) is 0 Å². The van der Waals surface area contributed by atoms with E-state index in [0.29, 0.717) is 39.8 Å². The molecule has 0 radical (unpaired) electrons. The van der Waals surface area contributed by atoms with Crippen LogP contribution in [0.15, 0.2) is 42.7 Å². The number of carbonyl (C=O) groups is 2. The van der Waals surface area contributed by atoms with E-state index >= 15 is 0 Å². The number of amides is 2. The molecule has 3 aromatic rings. The second-order valence-corrected chi connectivity index (χ2v) is 7.99. The Hall–Kier alpha value is -3.03. The number of imidazole rings is 1. The molecule has 1 aliphatic rings. The zero-order chi connectivity index (χ0) is 22.1. The maximum Gasteiger partial charge on any atom is 0.337 e. The number of carbonyl (C=O) groups excluding carboxylic acids is 2. The molecule has 0 aliphatic carbocycles. The first-order valence-corrected chi connectivity index (χ1v) is 10.4. The minimum Gasteiger partial charge on any atom is -0.465 e. The van der Waals surface area contributed by atoms with Gasteiger partial charge in [-0.05, 0) is 30.7 Å². The maximum absolute atomic E-state index is 13.4. The van der Waals surface area contributed by atoms with E-state index in [1.54, 1.807) is 41.6 Å². The molecule has 4 rings (SSSR count). The SMILES string of the molecule is COC(=O)c1ccc(C)c(NC(=O)N2CCc3[nH]cnc3[C@@H]2c2cccc(Cl)c2Cl)c1. The lowest BCUT2D eigenvalue weighted by Crippen LogP contribution is -2.43. The number of methoxy groups -OCH3 is 1. The van der Waals surface area contributed by atoms with E-state index in [-0.39, 0.29) is 6.03 Å². The Morgan fingerprint density at radius 3 is 2.84 bits per heavy atom. The second kappa shape index (κ2) is 8.61. The Labute approximate surface area is 189 Å². The number of esters is 1. The van der Waals surface area contributed by atoms with Gasteiger partial charge in [0.2, 0.25) is 0 Å². The van der Waals surface area contributed by atoms with Gasteiger partial charge in [-0.3, -0.25) is 0 Å². The quantitative estimate of drug-likeness (QED) is 0.541. The van der Waals surface area contributed by atoms with Crippen LogP contribution in [0.25, 0.3) is 0 Å². The van der Waals surface area contributed by atoms with E-state index in [1.165, 1.54) is 7.11 Å². The molecule has 1 atom stereocenters. The number of halogens is 2. The number of nitrogens with zero attached hydrogens (tertiary/aromatic N) is 2. The van der Waals surface area contributed by atoms with Gasteiger partial charge in [-0.1, -0.05) is 41.4 Å². The molecule has 2 amide bonds. The minimum absolute atomic E-state index is 0.334. The van der Waals surface area contributed by atoms with Crippen LogP contribution in [-0.2, 0) is 11.2 Å². The van der Waals surface area contributed by atoms with Crippen molar-refractivity contribution in [1.29, 1.82) is 0 Å². The first-order valence-electron chi connectivity index (χ1n) is 9.63. The molecular weight excluding hydrogens is 439 g/mol. The largest absolute Gasteiger partial charge is 0.465 e. The average molecular weight is 459 g/mol. The number of aryl methyl sites for hydroxylation is 1. The Kier molecular flexibility index (Phi) is 5.89. The van der Waals surface area contributed by atoms with Gasteiger partial charge in [-0.2, -0.15) is 0 Å². The lowest BCUT2D eigenvalue weighted by molar-refractivity contribution is 0.0600. The van der Waals surface area contributed by atoms with Crippen molar-refractivity contribution in [2.24, 2.45) is 0 Å². The number of H-pyrrole nitrogens is 1. The summed E-state index contributed by atoms with van der Waals surface area (Å²) in [5.74, 6) is -0.474. The summed E-state index contributed by atoms with van der Waals surface area (Å²) >= 11 is 12.8. The van der Waals surface area contributed by atoms with Gasteiger partial charge in [0.1, 0.15) is 6.04 Å². The van der Waals surface area contributed by atoms with Crippen LogP contribution in [0.4, 0.5) is 10.5 Å². The molecule has 0 unspecified atom stereocenters. The smallest absolute Gasteiger partial charge is 0.337 e. The third-order valence-corrected chi connectivity index (χ3v) is 6.20.